The first-order chi connectivity index (χ1) is 10.8. The second kappa shape index (κ2) is 5.41. The molecule has 1 aliphatic carbocycles. The van der Waals surface area contributed by atoms with Gasteiger partial charge in [0.25, 0.3) is 0 Å². The summed E-state index contributed by atoms with van der Waals surface area (Å²) in [5.41, 5.74) is 4.97. The molecule has 2 aromatic carbocycles. The van der Waals surface area contributed by atoms with Gasteiger partial charge in [0, 0.05) is 11.4 Å². The van der Waals surface area contributed by atoms with Crippen molar-refractivity contribution in [3.05, 3.63) is 59.7 Å². The topological polar surface area (TPSA) is 43.7 Å². The molecule has 1 heterocycles. The maximum absolute atomic E-state index is 10.5. The summed E-state index contributed by atoms with van der Waals surface area (Å²) in [5, 5.41) is 20.4. The highest BCUT2D eigenvalue weighted by molar-refractivity contribution is 5.72. The zero-order valence-electron chi connectivity index (χ0n) is 12.5. The van der Waals surface area contributed by atoms with E-state index in [1.807, 2.05) is 0 Å². The lowest BCUT2D eigenvalue weighted by Crippen LogP contribution is -2.41. The molecular weight excluding hydrogens is 274 g/mol. The fourth-order valence-corrected chi connectivity index (χ4v) is 3.89. The summed E-state index contributed by atoms with van der Waals surface area (Å²) in [5.74, 6) is 0. The first-order valence-corrected chi connectivity index (χ1v) is 8.07. The molecule has 2 N–H and O–H groups in total. The molecule has 22 heavy (non-hydrogen) atoms. The first-order valence-electron chi connectivity index (χ1n) is 8.07. The Kier molecular flexibility index (Phi) is 3.40. The van der Waals surface area contributed by atoms with Crippen LogP contribution in [0.4, 0.5) is 11.4 Å². The number of hydrogen-bond acceptors (Lipinski definition) is 3. The van der Waals surface area contributed by atoms with Gasteiger partial charge in [0.15, 0.2) is 0 Å². The van der Waals surface area contributed by atoms with Gasteiger partial charge in [-0.3, -0.25) is 0 Å². The molecule has 0 spiro atoms. The lowest BCUT2D eigenvalue weighted by Gasteiger charge is -2.35. The number of fused-ring (bicyclic) bond motifs is 2. The minimum absolute atomic E-state index is 0.0598. The molecule has 2 aromatic rings. The van der Waals surface area contributed by atoms with Crippen LogP contribution in [0.15, 0.2) is 48.5 Å². The van der Waals surface area contributed by atoms with Crippen LogP contribution in [0.1, 0.15) is 24.0 Å². The third-order valence-corrected chi connectivity index (χ3v) is 5.04. The molecule has 3 nitrogen and oxygen atoms in total. The zero-order valence-corrected chi connectivity index (χ0v) is 12.5. The van der Waals surface area contributed by atoms with E-state index in [1.54, 1.807) is 0 Å². The molecule has 3 heteroatoms. The van der Waals surface area contributed by atoms with E-state index in [1.165, 1.54) is 22.5 Å². The molecular formula is C19H21NO2. The van der Waals surface area contributed by atoms with Crippen LogP contribution in [0.25, 0.3) is 0 Å². The number of hydrogen-bond donors (Lipinski definition) is 2. The van der Waals surface area contributed by atoms with Crippen molar-refractivity contribution in [3.8, 4) is 0 Å². The van der Waals surface area contributed by atoms with Crippen molar-refractivity contribution in [2.24, 2.45) is 0 Å². The number of nitrogens with zero attached hydrogens (tertiary/aromatic N) is 1. The summed E-state index contributed by atoms with van der Waals surface area (Å²) in [7, 11) is 0. The molecule has 1 fully saturated rings. The van der Waals surface area contributed by atoms with Crippen molar-refractivity contribution in [2.45, 2.75) is 43.9 Å². The minimum atomic E-state index is -0.695. The molecule has 114 valence electrons. The maximum atomic E-state index is 10.5. The molecule has 4 rings (SSSR count). The van der Waals surface area contributed by atoms with Crippen LogP contribution in [0.2, 0.25) is 0 Å². The van der Waals surface area contributed by atoms with Crippen LogP contribution < -0.4 is 4.90 Å². The summed E-state index contributed by atoms with van der Waals surface area (Å²) in [6.07, 6.45) is 2.17. The molecule has 1 aliphatic heterocycles. The molecule has 1 unspecified atom stereocenters. The lowest BCUT2D eigenvalue weighted by atomic mass is 10.0. The van der Waals surface area contributed by atoms with Gasteiger partial charge in [-0.1, -0.05) is 36.4 Å². The Morgan fingerprint density at radius 2 is 1.32 bits per heavy atom. The molecule has 2 aliphatic rings. The van der Waals surface area contributed by atoms with E-state index in [9.17, 15) is 10.2 Å². The quantitative estimate of drug-likeness (QED) is 0.850. The summed E-state index contributed by atoms with van der Waals surface area (Å²) < 4.78 is 0. The van der Waals surface area contributed by atoms with Gasteiger partial charge in [-0.05, 0) is 48.9 Å². The predicted octanol–water partition coefficient (Wildman–Crippen LogP) is 2.81. The van der Waals surface area contributed by atoms with Gasteiger partial charge in [0.1, 0.15) is 6.10 Å². The summed E-state index contributed by atoms with van der Waals surface area (Å²) in [6, 6.07) is 16.8. The number of rotatable bonds is 1. The highest BCUT2D eigenvalue weighted by atomic mass is 16.3. The van der Waals surface area contributed by atoms with Gasteiger partial charge in [0.2, 0.25) is 0 Å². The Morgan fingerprint density at radius 1 is 0.773 bits per heavy atom. The Hall–Kier alpha value is -1.84. The maximum Gasteiger partial charge on any atom is 0.101 e. The zero-order chi connectivity index (χ0) is 15.1. The van der Waals surface area contributed by atoms with Crippen LogP contribution >= 0.6 is 0 Å². The number of anilines is 2. The van der Waals surface area contributed by atoms with E-state index in [0.717, 1.165) is 19.3 Å². The predicted molar refractivity (Wildman–Crippen MR) is 87.5 cm³/mol. The second-order valence-electron chi connectivity index (χ2n) is 6.33. The Morgan fingerprint density at radius 3 is 1.82 bits per heavy atom. The molecule has 1 saturated carbocycles. The number of benzene rings is 2. The van der Waals surface area contributed by atoms with Crippen molar-refractivity contribution in [3.63, 3.8) is 0 Å². The van der Waals surface area contributed by atoms with E-state index in [4.69, 9.17) is 0 Å². The first kappa shape index (κ1) is 13.8. The third-order valence-electron chi connectivity index (χ3n) is 5.04. The molecule has 0 aromatic heterocycles. The van der Waals surface area contributed by atoms with Crippen molar-refractivity contribution in [1.82, 2.24) is 0 Å². The van der Waals surface area contributed by atoms with E-state index < -0.39 is 12.2 Å². The lowest BCUT2D eigenvalue weighted by molar-refractivity contribution is 0.0364. The monoisotopic (exact) mass is 295 g/mol. The smallest absolute Gasteiger partial charge is 0.101 e. The molecule has 0 saturated heterocycles. The van der Waals surface area contributed by atoms with Crippen LogP contribution in [-0.4, -0.2) is 28.5 Å². The van der Waals surface area contributed by atoms with Crippen LogP contribution in [0, 0.1) is 0 Å². The van der Waals surface area contributed by atoms with Gasteiger partial charge in [-0.15, -0.1) is 0 Å². The van der Waals surface area contributed by atoms with E-state index in [-0.39, 0.29) is 6.04 Å². The van der Waals surface area contributed by atoms with E-state index >= 15 is 0 Å². The average Bonchev–Trinajstić information content (AvgIpc) is 2.80. The normalized spacial score (nSPS) is 27.2. The van der Waals surface area contributed by atoms with Gasteiger partial charge in [-0.25, -0.2) is 0 Å². The Labute approximate surface area is 130 Å². The summed E-state index contributed by atoms with van der Waals surface area (Å²) in [4.78, 5) is 2.26. The molecule has 0 amide bonds. The van der Waals surface area contributed by atoms with Gasteiger partial charge in [0.05, 0.1) is 12.1 Å². The molecule has 0 radical (unpaired) electrons. The Balaban J connectivity index is 1.88. The number of aryl methyl sites for hydroxylation is 2. The highest BCUT2D eigenvalue weighted by Gasteiger charge is 2.39. The molecule has 0 bridgehead atoms. The third kappa shape index (κ3) is 2.13. The second-order valence-corrected chi connectivity index (χ2v) is 6.33. The standard InChI is InChI=1S/C19H21NO2/c21-18-12-11-17(19(18)22)20-15-7-3-1-5-13(15)9-10-14-6-2-4-8-16(14)20/h1-8,17-19,21-22H,9-12H2/t17?,18-,19+/m1/s1. The Bertz CT molecular complexity index is 637. The van der Waals surface area contributed by atoms with Gasteiger partial charge in [-0.2, -0.15) is 0 Å². The van der Waals surface area contributed by atoms with Crippen molar-refractivity contribution < 1.29 is 10.2 Å². The van der Waals surface area contributed by atoms with Gasteiger partial charge >= 0.3 is 0 Å². The summed E-state index contributed by atoms with van der Waals surface area (Å²) in [6.45, 7) is 0. The van der Waals surface area contributed by atoms with Crippen molar-refractivity contribution in [2.75, 3.05) is 4.90 Å². The SMILES string of the molecule is O[C@@H]1CCC(N2c3ccccc3CCc3ccccc32)[C@@H]1O. The molecule has 3 atom stereocenters. The van der Waals surface area contributed by atoms with Crippen LogP contribution in [0.3, 0.4) is 0 Å². The average molecular weight is 295 g/mol. The largest absolute Gasteiger partial charge is 0.390 e. The van der Waals surface area contributed by atoms with Crippen molar-refractivity contribution in [1.29, 1.82) is 0 Å². The number of para-hydroxylation sites is 2. The fraction of sp³-hybridized carbons (Fsp3) is 0.368. The van der Waals surface area contributed by atoms with E-state index in [2.05, 4.69) is 53.4 Å². The highest BCUT2D eigenvalue weighted by Crippen LogP contribution is 2.41. The minimum Gasteiger partial charge on any atom is -0.390 e. The van der Waals surface area contributed by atoms with Crippen LogP contribution in [-0.2, 0) is 12.8 Å². The van der Waals surface area contributed by atoms with Crippen LogP contribution in [0.5, 0.6) is 0 Å². The number of aliphatic hydroxyl groups excluding tert-OH is 2. The van der Waals surface area contributed by atoms with E-state index in [0.29, 0.717) is 6.42 Å². The fourth-order valence-electron chi connectivity index (χ4n) is 3.89. The van der Waals surface area contributed by atoms with Crippen molar-refractivity contribution >= 4 is 11.4 Å². The number of aliphatic hydroxyl groups is 2. The summed E-state index contributed by atoms with van der Waals surface area (Å²) >= 11 is 0. The van der Waals surface area contributed by atoms with Gasteiger partial charge < -0.3 is 15.1 Å².